The first-order valence-corrected chi connectivity index (χ1v) is 4.30. The summed E-state index contributed by atoms with van der Waals surface area (Å²) in [5.41, 5.74) is 5.69. The van der Waals surface area contributed by atoms with Crippen molar-refractivity contribution >= 4 is 11.8 Å². The van der Waals surface area contributed by atoms with Gasteiger partial charge in [0, 0.05) is 26.4 Å². The molecule has 0 aromatic carbocycles. The second-order valence-electron chi connectivity index (χ2n) is 3.18. The highest BCUT2D eigenvalue weighted by Gasteiger charge is 2.42. The third-order valence-corrected chi connectivity index (χ3v) is 2.20. The van der Waals surface area contributed by atoms with Gasteiger partial charge in [0.25, 0.3) is 0 Å². The minimum absolute atomic E-state index is 0.245. The average Bonchev–Trinajstić information content (AvgIpc) is 2.78. The maximum atomic E-state index is 10.4. The van der Waals surface area contributed by atoms with Crippen molar-refractivity contribution in [2.75, 3.05) is 14.1 Å². The van der Waals surface area contributed by atoms with E-state index in [1.807, 2.05) is 0 Å². The molecule has 0 spiro atoms. The van der Waals surface area contributed by atoms with Crippen LogP contribution in [-0.2, 0) is 4.79 Å². The fourth-order valence-electron chi connectivity index (χ4n) is 1.47. The Morgan fingerprint density at radius 3 is 2.85 bits per heavy atom. The summed E-state index contributed by atoms with van der Waals surface area (Å²) in [6, 6.07) is 0. The molecule has 0 aliphatic heterocycles. The Kier molecular flexibility index (Phi) is 3.25. The Bertz CT molecular complexity index is 227. The third kappa shape index (κ3) is 2.69. The first kappa shape index (κ1) is 9.98. The van der Waals surface area contributed by atoms with Gasteiger partial charge in [-0.15, -0.1) is 0 Å². The highest BCUT2D eigenvalue weighted by Crippen LogP contribution is 2.41. The van der Waals surface area contributed by atoms with Gasteiger partial charge in [-0.25, -0.2) is 5.43 Å². The van der Waals surface area contributed by atoms with E-state index in [0.29, 0.717) is 5.92 Å². The smallest absolute Gasteiger partial charge is 0.303 e. The van der Waals surface area contributed by atoms with E-state index in [0.717, 1.165) is 12.3 Å². The van der Waals surface area contributed by atoms with Crippen molar-refractivity contribution in [1.29, 1.82) is 0 Å². The van der Waals surface area contributed by atoms with Gasteiger partial charge in [0.15, 0.2) is 0 Å². The topological polar surface area (TPSA) is 73.7 Å². The molecule has 0 aromatic rings. The van der Waals surface area contributed by atoms with Crippen LogP contribution in [0.3, 0.4) is 0 Å². The molecular weight excluding hydrogens is 170 g/mol. The van der Waals surface area contributed by atoms with Gasteiger partial charge in [0.05, 0.1) is 0 Å². The van der Waals surface area contributed by atoms with E-state index in [9.17, 15) is 4.79 Å². The fourth-order valence-corrected chi connectivity index (χ4v) is 1.47. The van der Waals surface area contributed by atoms with Crippen LogP contribution in [0.4, 0.5) is 0 Å². The average molecular weight is 185 g/mol. The Morgan fingerprint density at radius 2 is 2.38 bits per heavy atom. The van der Waals surface area contributed by atoms with E-state index >= 15 is 0 Å². The molecule has 5 heteroatoms. The summed E-state index contributed by atoms with van der Waals surface area (Å²) in [5.74, 6) is 0.687. The molecule has 1 rings (SSSR count). The number of hydrogen-bond acceptors (Lipinski definition) is 3. The molecule has 0 radical (unpaired) electrons. The van der Waals surface area contributed by atoms with Crippen LogP contribution in [0.2, 0.25) is 0 Å². The SMILES string of the molecule is CN=C(NNC)C1CC1CC(=O)O. The zero-order valence-corrected chi connectivity index (χ0v) is 7.87. The van der Waals surface area contributed by atoms with Gasteiger partial charge in [0.2, 0.25) is 0 Å². The minimum atomic E-state index is -0.729. The molecule has 0 amide bonds. The number of aliphatic carboxylic acids is 1. The lowest BCUT2D eigenvalue weighted by Gasteiger charge is -2.06. The predicted octanol–water partition coefficient (Wildman–Crippen LogP) is -0.150. The summed E-state index contributed by atoms with van der Waals surface area (Å²) >= 11 is 0. The molecule has 1 aliphatic carbocycles. The van der Waals surface area contributed by atoms with E-state index in [1.165, 1.54) is 0 Å². The Hall–Kier alpha value is -1.10. The number of carboxylic acids is 1. The zero-order valence-electron chi connectivity index (χ0n) is 7.87. The molecule has 13 heavy (non-hydrogen) atoms. The number of hydrazine groups is 1. The van der Waals surface area contributed by atoms with E-state index in [2.05, 4.69) is 15.8 Å². The van der Waals surface area contributed by atoms with Crippen LogP contribution in [0.1, 0.15) is 12.8 Å². The maximum absolute atomic E-state index is 10.4. The van der Waals surface area contributed by atoms with Gasteiger partial charge in [-0.05, 0) is 12.3 Å². The number of amidine groups is 1. The number of carbonyl (C=O) groups is 1. The normalized spacial score (nSPS) is 27.1. The van der Waals surface area contributed by atoms with Gasteiger partial charge in [0.1, 0.15) is 5.84 Å². The molecule has 2 atom stereocenters. The summed E-state index contributed by atoms with van der Waals surface area (Å²) < 4.78 is 0. The van der Waals surface area contributed by atoms with Crippen molar-refractivity contribution < 1.29 is 9.90 Å². The summed E-state index contributed by atoms with van der Waals surface area (Å²) in [5, 5.41) is 8.55. The van der Waals surface area contributed by atoms with Gasteiger partial charge in [-0.3, -0.25) is 9.79 Å². The number of rotatable bonds is 4. The van der Waals surface area contributed by atoms with Crippen LogP contribution < -0.4 is 10.9 Å². The lowest BCUT2D eigenvalue weighted by molar-refractivity contribution is -0.137. The van der Waals surface area contributed by atoms with Crippen molar-refractivity contribution in [1.82, 2.24) is 10.9 Å². The molecule has 0 heterocycles. The number of aliphatic imine (C=N–C) groups is 1. The molecule has 2 unspecified atom stereocenters. The summed E-state index contributed by atoms with van der Waals surface area (Å²) in [6.45, 7) is 0. The molecule has 0 aromatic heterocycles. The Labute approximate surface area is 77.2 Å². The van der Waals surface area contributed by atoms with E-state index in [-0.39, 0.29) is 12.3 Å². The fraction of sp³-hybridized carbons (Fsp3) is 0.750. The molecule has 5 nitrogen and oxygen atoms in total. The van der Waals surface area contributed by atoms with E-state index in [4.69, 9.17) is 5.11 Å². The minimum Gasteiger partial charge on any atom is -0.481 e. The van der Waals surface area contributed by atoms with Crippen LogP contribution in [0.15, 0.2) is 4.99 Å². The van der Waals surface area contributed by atoms with Crippen molar-refractivity contribution in [3.63, 3.8) is 0 Å². The van der Waals surface area contributed by atoms with Crippen molar-refractivity contribution in [3.05, 3.63) is 0 Å². The largest absolute Gasteiger partial charge is 0.481 e. The van der Waals surface area contributed by atoms with Crippen molar-refractivity contribution in [2.45, 2.75) is 12.8 Å². The van der Waals surface area contributed by atoms with Gasteiger partial charge in [-0.2, -0.15) is 0 Å². The van der Waals surface area contributed by atoms with Crippen molar-refractivity contribution in [3.8, 4) is 0 Å². The van der Waals surface area contributed by atoms with Crippen LogP contribution in [0.5, 0.6) is 0 Å². The molecule has 0 saturated heterocycles. The molecule has 74 valence electrons. The second kappa shape index (κ2) is 4.23. The highest BCUT2D eigenvalue weighted by atomic mass is 16.4. The number of hydrogen-bond donors (Lipinski definition) is 3. The predicted molar refractivity (Wildman–Crippen MR) is 49.4 cm³/mol. The van der Waals surface area contributed by atoms with Crippen LogP contribution in [0, 0.1) is 11.8 Å². The van der Waals surface area contributed by atoms with Gasteiger partial charge in [-0.1, -0.05) is 0 Å². The number of nitrogens with zero attached hydrogens (tertiary/aromatic N) is 1. The second-order valence-corrected chi connectivity index (χ2v) is 3.18. The summed E-state index contributed by atoms with van der Waals surface area (Å²) in [6.07, 6.45) is 1.17. The number of nitrogens with one attached hydrogen (secondary N) is 2. The van der Waals surface area contributed by atoms with Gasteiger partial charge < -0.3 is 10.5 Å². The van der Waals surface area contributed by atoms with E-state index < -0.39 is 5.97 Å². The summed E-state index contributed by atoms with van der Waals surface area (Å²) in [7, 11) is 3.47. The Morgan fingerprint density at radius 1 is 1.69 bits per heavy atom. The van der Waals surface area contributed by atoms with Crippen LogP contribution in [0.25, 0.3) is 0 Å². The number of carboxylic acid groups (broad SMARTS) is 1. The third-order valence-electron chi connectivity index (χ3n) is 2.20. The van der Waals surface area contributed by atoms with Crippen LogP contribution in [-0.4, -0.2) is 31.0 Å². The molecular formula is C8H15N3O2. The lowest BCUT2D eigenvalue weighted by Crippen LogP contribution is -2.36. The maximum Gasteiger partial charge on any atom is 0.303 e. The van der Waals surface area contributed by atoms with E-state index in [1.54, 1.807) is 14.1 Å². The molecule has 1 saturated carbocycles. The molecule has 1 aliphatic rings. The van der Waals surface area contributed by atoms with Crippen LogP contribution >= 0.6 is 0 Å². The Balaban J connectivity index is 2.35. The zero-order chi connectivity index (χ0) is 9.84. The highest BCUT2D eigenvalue weighted by molar-refractivity contribution is 5.87. The quantitative estimate of drug-likeness (QED) is 0.323. The first-order valence-electron chi connectivity index (χ1n) is 4.30. The molecule has 3 N–H and O–H groups in total. The molecule has 0 bridgehead atoms. The van der Waals surface area contributed by atoms with Crippen molar-refractivity contribution in [2.24, 2.45) is 16.8 Å². The monoisotopic (exact) mass is 185 g/mol. The summed E-state index contributed by atoms with van der Waals surface area (Å²) in [4.78, 5) is 14.4. The first-order chi connectivity index (χ1) is 6.19. The lowest BCUT2D eigenvalue weighted by atomic mass is 10.2. The standard InChI is InChI=1S/C8H15N3O2/c1-9-8(11-10-2)6-3-5(6)4-7(12)13/h5-6,10H,3-4H2,1-2H3,(H,9,11)(H,12,13). The molecule has 1 fully saturated rings. The van der Waals surface area contributed by atoms with Gasteiger partial charge >= 0.3 is 5.97 Å².